The summed E-state index contributed by atoms with van der Waals surface area (Å²) in [6.45, 7) is 7.63. The van der Waals surface area contributed by atoms with Gasteiger partial charge < -0.3 is 0 Å². The van der Waals surface area contributed by atoms with Gasteiger partial charge >= 0.3 is 0 Å². The summed E-state index contributed by atoms with van der Waals surface area (Å²) in [6, 6.07) is 0. The Hall–Kier alpha value is -1.31. The first-order valence-electron chi connectivity index (χ1n) is 6.48. The van der Waals surface area contributed by atoms with E-state index in [4.69, 9.17) is 0 Å². The van der Waals surface area contributed by atoms with Gasteiger partial charge in [-0.1, -0.05) is 32.9 Å². The quantitative estimate of drug-likeness (QED) is 0.758. The first kappa shape index (κ1) is 10.8. The number of allylic oxidation sites excluding steroid dienone is 4. The Bertz CT molecular complexity index is 497. The second-order valence-corrected chi connectivity index (χ2v) is 6.21. The Morgan fingerprint density at radius 3 is 2.94 bits per heavy atom. The van der Waals surface area contributed by atoms with E-state index in [0.717, 1.165) is 12.5 Å². The molecule has 1 heterocycles. The zero-order valence-electron chi connectivity index (χ0n) is 10.9. The van der Waals surface area contributed by atoms with Crippen LogP contribution in [-0.4, -0.2) is 9.78 Å². The van der Waals surface area contributed by atoms with Crippen molar-refractivity contribution in [2.45, 2.75) is 45.6 Å². The van der Waals surface area contributed by atoms with E-state index in [1.807, 2.05) is 6.20 Å². The van der Waals surface area contributed by atoms with Gasteiger partial charge in [0.15, 0.2) is 0 Å². The van der Waals surface area contributed by atoms with Crippen LogP contribution >= 0.6 is 0 Å². The topological polar surface area (TPSA) is 17.8 Å². The molecule has 0 saturated heterocycles. The van der Waals surface area contributed by atoms with E-state index in [2.05, 4.69) is 48.9 Å². The van der Waals surface area contributed by atoms with Gasteiger partial charge in [-0.05, 0) is 35.0 Å². The maximum atomic E-state index is 4.48. The van der Waals surface area contributed by atoms with Crippen LogP contribution in [0.1, 0.15) is 39.2 Å². The molecule has 2 heteroatoms. The van der Waals surface area contributed by atoms with E-state index in [0.29, 0.717) is 0 Å². The van der Waals surface area contributed by atoms with Gasteiger partial charge in [0.1, 0.15) is 0 Å². The Kier molecular flexibility index (Phi) is 2.29. The van der Waals surface area contributed by atoms with E-state index in [1.165, 1.54) is 24.0 Å². The molecule has 0 N–H and O–H groups in total. The van der Waals surface area contributed by atoms with Gasteiger partial charge in [-0.25, -0.2) is 0 Å². The lowest BCUT2D eigenvalue weighted by Crippen LogP contribution is -2.10. The van der Waals surface area contributed by atoms with Gasteiger partial charge in [0.05, 0.1) is 12.7 Å². The van der Waals surface area contributed by atoms with Crippen molar-refractivity contribution in [3.63, 3.8) is 0 Å². The fourth-order valence-electron chi connectivity index (χ4n) is 2.48. The van der Waals surface area contributed by atoms with Gasteiger partial charge in [0.25, 0.3) is 0 Å². The molecular formula is C15H20N2. The summed E-state index contributed by atoms with van der Waals surface area (Å²) in [7, 11) is 0. The maximum absolute atomic E-state index is 4.48. The second-order valence-electron chi connectivity index (χ2n) is 6.21. The molecule has 2 aliphatic rings. The molecule has 2 aliphatic carbocycles. The number of rotatable bonds is 2. The van der Waals surface area contributed by atoms with E-state index >= 15 is 0 Å². The minimum Gasteiger partial charge on any atom is -0.268 e. The Labute approximate surface area is 103 Å². The van der Waals surface area contributed by atoms with E-state index < -0.39 is 0 Å². The fourth-order valence-corrected chi connectivity index (χ4v) is 2.48. The van der Waals surface area contributed by atoms with Crippen molar-refractivity contribution < 1.29 is 0 Å². The molecule has 0 aromatic carbocycles. The highest BCUT2D eigenvalue weighted by Crippen LogP contribution is 2.43. The predicted molar refractivity (Wildman–Crippen MR) is 69.8 cm³/mol. The van der Waals surface area contributed by atoms with Crippen molar-refractivity contribution >= 4 is 0 Å². The van der Waals surface area contributed by atoms with Crippen molar-refractivity contribution in [3.8, 4) is 0 Å². The lowest BCUT2D eigenvalue weighted by Gasteiger charge is -2.15. The first-order valence-corrected chi connectivity index (χ1v) is 6.48. The lowest BCUT2D eigenvalue weighted by molar-refractivity contribution is 0.587. The summed E-state index contributed by atoms with van der Waals surface area (Å²) < 4.78 is 2.08. The van der Waals surface area contributed by atoms with Gasteiger partial charge in [-0.3, -0.25) is 4.68 Å². The van der Waals surface area contributed by atoms with Crippen molar-refractivity contribution in [1.29, 1.82) is 0 Å². The van der Waals surface area contributed by atoms with Crippen molar-refractivity contribution in [1.82, 2.24) is 9.78 Å². The summed E-state index contributed by atoms with van der Waals surface area (Å²) in [5.41, 5.74) is 4.57. The molecule has 0 bridgehead atoms. The van der Waals surface area contributed by atoms with Gasteiger partial charge in [-0.2, -0.15) is 5.10 Å². The van der Waals surface area contributed by atoms with Gasteiger partial charge in [0, 0.05) is 12.1 Å². The van der Waals surface area contributed by atoms with E-state index in [9.17, 15) is 0 Å². The lowest BCUT2D eigenvalue weighted by atomic mass is 9.90. The molecule has 90 valence electrons. The van der Waals surface area contributed by atoms with Crippen molar-refractivity contribution in [2.75, 3.05) is 0 Å². The summed E-state index contributed by atoms with van der Waals surface area (Å²) >= 11 is 0. The number of aromatic nitrogens is 2. The van der Waals surface area contributed by atoms with Crippen LogP contribution in [0.3, 0.4) is 0 Å². The predicted octanol–water partition coefficient (Wildman–Crippen LogP) is 3.46. The molecule has 1 aromatic rings. The number of nitrogens with zero attached hydrogens (tertiary/aromatic N) is 2. The molecule has 0 spiro atoms. The zero-order valence-corrected chi connectivity index (χ0v) is 10.9. The average Bonchev–Trinajstić information content (AvgIpc) is 2.89. The molecule has 1 aromatic heterocycles. The van der Waals surface area contributed by atoms with Crippen LogP contribution in [0.25, 0.3) is 0 Å². The van der Waals surface area contributed by atoms with Crippen LogP contribution < -0.4 is 0 Å². The zero-order chi connectivity index (χ0) is 12.0. The third kappa shape index (κ3) is 2.08. The van der Waals surface area contributed by atoms with Crippen LogP contribution in [0.15, 0.2) is 35.7 Å². The molecule has 0 aliphatic heterocycles. The molecule has 0 saturated carbocycles. The van der Waals surface area contributed by atoms with Crippen LogP contribution in [0, 0.1) is 5.92 Å². The molecule has 0 amide bonds. The maximum Gasteiger partial charge on any atom is 0.0659 e. The van der Waals surface area contributed by atoms with Crippen LogP contribution in [-0.2, 0) is 12.0 Å². The Balaban J connectivity index is 1.75. The van der Waals surface area contributed by atoms with Crippen molar-refractivity contribution in [2.24, 2.45) is 5.92 Å². The molecule has 0 radical (unpaired) electrons. The summed E-state index contributed by atoms with van der Waals surface area (Å²) in [4.78, 5) is 0. The minimum absolute atomic E-state index is 0.195. The minimum atomic E-state index is 0.195. The number of fused-ring (bicyclic) bond motifs is 1. The molecule has 2 nitrogen and oxygen atoms in total. The van der Waals surface area contributed by atoms with Crippen LogP contribution in [0.2, 0.25) is 0 Å². The summed E-state index contributed by atoms with van der Waals surface area (Å²) in [6.07, 6.45) is 11.5. The average molecular weight is 228 g/mol. The molecule has 3 rings (SSSR count). The fraction of sp³-hybridized carbons (Fsp3) is 0.533. The standard InChI is InChI=1S/C15H20N2/c1-15(2,3)13-8-16-17(10-13)9-12-6-4-5-11-7-14(11)12/h6-8,10-11H,4-5,9H2,1-3H3/t11-/m1/s1. The number of hydrogen-bond donors (Lipinski definition) is 0. The first-order chi connectivity index (χ1) is 8.04. The van der Waals surface area contributed by atoms with Crippen LogP contribution in [0.5, 0.6) is 0 Å². The Morgan fingerprint density at radius 1 is 1.41 bits per heavy atom. The SMILES string of the molecule is CC(C)(C)c1cnn(CC2=CCC[C@@H]3C=C23)c1. The van der Waals surface area contributed by atoms with E-state index in [-0.39, 0.29) is 5.41 Å². The van der Waals surface area contributed by atoms with E-state index in [1.54, 1.807) is 5.57 Å². The Morgan fingerprint density at radius 2 is 2.24 bits per heavy atom. The molecule has 1 atom stereocenters. The number of hydrogen-bond acceptors (Lipinski definition) is 1. The monoisotopic (exact) mass is 228 g/mol. The largest absolute Gasteiger partial charge is 0.268 e. The molecule has 0 unspecified atom stereocenters. The molecule has 17 heavy (non-hydrogen) atoms. The van der Waals surface area contributed by atoms with Crippen LogP contribution in [0.4, 0.5) is 0 Å². The normalized spacial score (nSPS) is 22.9. The highest BCUT2D eigenvalue weighted by atomic mass is 15.3. The second kappa shape index (κ2) is 3.59. The van der Waals surface area contributed by atoms with Gasteiger partial charge in [-0.15, -0.1) is 0 Å². The third-order valence-corrected chi connectivity index (χ3v) is 3.74. The smallest absolute Gasteiger partial charge is 0.0659 e. The van der Waals surface area contributed by atoms with Gasteiger partial charge in [0.2, 0.25) is 0 Å². The van der Waals surface area contributed by atoms with Crippen molar-refractivity contribution in [3.05, 3.63) is 41.3 Å². The summed E-state index contributed by atoms with van der Waals surface area (Å²) in [5, 5.41) is 4.48. The highest BCUT2D eigenvalue weighted by Gasteiger charge is 2.30. The molecule has 0 fully saturated rings. The molecular weight excluding hydrogens is 208 g/mol. The summed E-state index contributed by atoms with van der Waals surface area (Å²) in [5.74, 6) is 0.799. The third-order valence-electron chi connectivity index (χ3n) is 3.74. The highest BCUT2D eigenvalue weighted by molar-refractivity contribution is 5.48.